The van der Waals surface area contributed by atoms with Crippen LogP contribution >= 0.6 is 23.2 Å². The Hall–Kier alpha value is -2.80. The SMILES string of the molecule is Cn1c(=O)n(CCCO)c(=O)c2c1c(-c1cccc(CCl)c1)cn2Cc1ccc(Cl)cc1. The van der Waals surface area contributed by atoms with E-state index in [4.69, 9.17) is 23.2 Å². The number of aryl methyl sites for hydroxylation is 1. The Labute approximate surface area is 194 Å². The monoisotopic (exact) mass is 471 g/mol. The summed E-state index contributed by atoms with van der Waals surface area (Å²) in [4.78, 5) is 26.5. The molecule has 4 aromatic rings. The van der Waals surface area contributed by atoms with E-state index in [-0.39, 0.29) is 18.7 Å². The van der Waals surface area contributed by atoms with Crippen LogP contribution in [0, 0.1) is 0 Å². The van der Waals surface area contributed by atoms with Gasteiger partial charge in [-0.3, -0.25) is 13.9 Å². The second-order valence-electron chi connectivity index (χ2n) is 7.70. The molecule has 0 radical (unpaired) electrons. The molecular formula is C24H23Cl2N3O3. The van der Waals surface area contributed by atoms with Crippen LogP contribution in [0.3, 0.4) is 0 Å². The van der Waals surface area contributed by atoms with Crippen LogP contribution < -0.4 is 11.2 Å². The summed E-state index contributed by atoms with van der Waals surface area (Å²) in [6.45, 7) is 0.493. The van der Waals surface area contributed by atoms with Gasteiger partial charge >= 0.3 is 5.69 Å². The Balaban J connectivity index is 2.00. The molecule has 32 heavy (non-hydrogen) atoms. The van der Waals surface area contributed by atoms with Crippen LogP contribution in [0.5, 0.6) is 0 Å². The third-order valence-corrected chi connectivity index (χ3v) is 6.11. The van der Waals surface area contributed by atoms with Gasteiger partial charge < -0.3 is 9.67 Å². The third-order valence-electron chi connectivity index (χ3n) is 5.55. The number of benzene rings is 2. The predicted molar refractivity (Wildman–Crippen MR) is 129 cm³/mol. The molecule has 2 aromatic heterocycles. The molecule has 0 bridgehead atoms. The maximum Gasteiger partial charge on any atom is 0.331 e. The average molecular weight is 472 g/mol. The van der Waals surface area contributed by atoms with Gasteiger partial charge in [-0.2, -0.15) is 0 Å². The third kappa shape index (κ3) is 4.13. The first kappa shape index (κ1) is 22.4. The first-order valence-electron chi connectivity index (χ1n) is 10.3. The first-order chi connectivity index (χ1) is 15.4. The lowest BCUT2D eigenvalue weighted by Crippen LogP contribution is -2.39. The van der Waals surface area contributed by atoms with Gasteiger partial charge in [-0.1, -0.05) is 41.9 Å². The van der Waals surface area contributed by atoms with Gasteiger partial charge in [0.05, 0.1) is 5.52 Å². The van der Waals surface area contributed by atoms with Crippen LogP contribution in [0.4, 0.5) is 0 Å². The minimum absolute atomic E-state index is 0.101. The molecular weight excluding hydrogens is 449 g/mol. The molecule has 0 fully saturated rings. The maximum absolute atomic E-state index is 13.4. The summed E-state index contributed by atoms with van der Waals surface area (Å²) in [7, 11) is 1.67. The molecule has 0 unspecified atom stereocenters. The van der Waals surface area contributed by atoms with E-state index in [0.717, 1.165) is 22.3 Å². The highest BCUT2D eigenvalue weighted by molar-refractivity contribution is 6.30. The number of alkyl halides is 1. The molecule has 0 saturated carbocycles. The number of aromatic nitrogens is 3. The Morgan fingerprint density at radius 3 is 2.44 bits per heavy atom. The van der Waals surface area contributed by atoms with Crippen molar-refractivity contribution in [3.05, 3.63) is 91.7 Å². The van der Waals surface area contributed by atoms with Crippen LogP contribution in [0.15, 0.2) is 64.3 Å². The Morgan fingerprint density at radius 2 is 1.75 bits per heavy atom. The maximum atomic E-state index is 13.4. The van der Waals surface area contributed by atoms with Gasteiger partial charge in [-0.05, 0) is 41.3 Å². The van der Waals surface area contributed by atoms with Crippen molar-refractivity contribution >= 4 is 34.2 Å². The molecule has 2 heterocycles. The van der Waals surface area contributed by atoms with Gasteiger partial charge in [-0.25, -0.2) is 4.79 Å². The van der Waals surface area contributed by atoms with Gasteiger partial charge in [0, 0.05) is 49.4 Å². The number of halogens is 2. The molecule has 0 atom stereocenters. The standard InChI is InChI=1S/C24H23Cl2N3O3/c1-27-21-20(18-5-2-4-17(12-18)13-25)15-28(14-16-6-8-19(26)9-7-16)22(21)23(31)29(24(27)32)10-3-11-30/h2,4-9,12,15,30H,3,10-11,13-14H2,1H3. The number of hydrogen-bond acceptors (Lipinski definition) is 3. The fraction of sp³-hybridized carbons (Fsp3) is 0.250. The Kier molecular flexibility index (Phi) is 6.55. The van der Waals surface area contributed by atoms with Gasteiger partial charge in [0.2, 0.25) is 0 Å². The first-order valence-corrected chi connectivity index (χ1v) is 11.2. The smallest absolute Gasteiger partial charge is 0.331 e. The van der Waals surface area contributed by atoms with Crippen LogP contribution in [-0.2, 0) is 26.0 Å². The minimum atomic E-state index is -0.407. The number of nitrogens with zero attached hydrogens (tertiary/aromatic N) is 3. The molecule has 6 nitrogen and oxygen atoms in total. The number of aliphatic hydroxyl groups excluding tert-OH is 1. The Morgan fingerprint density at radius 1 is 1.00 bits per heavy atom. The Bertz CT molecular complexity index is 1380. The number of fused-ring (bicyclic) bond motifs is 1. The minimum Gasteiger partial charge on any atom is -0.396 e. The van der Waals surface area contributed by atoms with Crippen molar-refractivity contribution in [2.75, 3.05) is 6.61 Å². The van der Waals surface area contributed by atoms with E-state index < -0.39 is 5.69 Å². The second kappa shape index (κ2) is 9.36. The summed E-state index contributed by atoms with van der Waals surface area (Å²) in [5, 5.41) is 9.85. The molecule has 0 spiro atoms. The van der Waals surface area contributed by atoms with Crippen molar-refractivity contribution in [3.63, 3.8) is 0 Å². The van der Waals surface area contributed by atoms with Crippen molar-refractivity contribution in [1.29, 1.82) is 0 Å². The van der Waals surface area contributed by atoms with E-state index in [1.807, 2.05) is 59.3 Å². The zero-order valence-corrected chi connectivity index (χ0v) is 19.1. The summed E-state index contributed by atoms with van der Waals surface area (Å²) in [6.07, 6.45) is 2.23. The molecule has 0 aliphatic rings. The zero-order chi connectivity index (χ0) is 22.8. The lowest BCUT2D eigenvalue weighted by molar-refractivity contribution is 0.277. The molecule has 0 aliphatic heterocycles. The van der Waals surface area contributed by atoms with E-state index in [9.17, 15) is 14.7 Å². The van der Waals surface area contributed by atoms with Gasteiger partial charge in [0.25, 0.3) is 5.56 Å². The van der Waals surface area contributed by atoms with Crippen LogP contribution in [0.2, 0.25) is 5.02 Å². The molecule has 0 aliphatic carbocycles. The number of rotatable bonds is 7. The fourth-order valence-electron chi connectivity index (χ4n) is 3.97. The highest BCUT2D eigenvalue weighted by Gasteiger charge is 2.20. The molecule has 0 amide bonds. The zero-order valence-electron chi connectivity index (χ0n) is 17.6. The molecule has 8 heteroatoms. The largest absolute Gasteiger partial charge is 0.396 e. The topological polar surface area (TPSA) is 69.2 Å². The van der Waals surface area contributed by atoms with Crippen molar-refractivity contribution in [3.8, 4) is 11.1 Å². The average Bonchev–Trinajstić information content (AvgIpc) is 3.18. The molecule has 2 aromatic carbocycles. The molecule has 4 rings (SSSR count). The van der Waals surface area contributed by atoms with Crippen molar-refractivity contribution in [2.45, 2.75) is 25.4 Å². The van der Waals surface area contributed by atoms with Crippen LogP contribution in [-0.4, -0.2) is 25.4 Å². The molecule has 1 N–H and O–H groups in total. The highest BCUT2D eigenvalue weighted by atomic mass is 35.5. The summed E-state index contributed by atoms with van der Waals surface area (Å²) in [6, 6.07) is 15.2. The summed E-state index contributed by atoms with van der Waals surface area (Å²) in [5.74, 6) is 0.365. The summed E-state index contributed by atoms with van der Waals surface area (Å²) < 4.78 is 4.57. The van der Waals surface area contributed by atoms with Crippen LogP contribution in [0.25, 0.3) is 22.2 Å². The van der Waals surface area contributed by atoms with Gasteiger partial charge in [0.15, 0.2) is 0 Å². The molecule has 0 saturated heterocycles. The van der Waals surface area contributed by atoms with Gasteiger partial charge in [-0.15, -0.1) is 11.6 Å². The summed E-state index contributed by atoms with van der Waals surface area (Å²) >= 11 is 12.1. The summed E-state index contributed by atoms with van der Waals surface area (Å²) in [5.41, 5.74) is 3.82. The lowest BCUT2D eigenvalue weighted by Gasteiger charge is -2.11. The quantitative estimate of drug-likeness (QED) is 0.414. The van der Waals surface area contributed by atoms with E-state index in [0.29, 0.717) is 34.9 Å². The normalized spacial score (nSPS) is 11.4. The van der Waals surface area contributed by atoms with Gasteiger partial charge in [0.1, 0.15) is 5.52 Å². The highest BCUT2D eigenvalue weighted by Crippen LogP contribution is 2.30. The molecule has 166 valence electrons. The number of hydrogen-bond donors (Lipinski definition) is 1. The number of aliphatic hydroxyl groups is 1. The van der Waals surface area contributed by atoms with Crippen molar-refractivity contribution in [1.82, 2.24) is 13.7 Å². The van der Waals surface area contributed by atoms with Crippen LogP contribution in [0.1, 0.15) is 17.5 Å². The van der Waals surface area contributed by atoms with E-state index in [2.05, 4.69) is 0 Å². The van der Waals surface area contributed by atoms with Crippen molar-refractivity contribution in [2.24, 2.45) is 7.05 Å². The predicted octanol–water partition coefficient (Wildman–Crippen LogP) is 3.99. The van der Waals surface area contributed by atoms with E-state index >= 15 is 0 Å². The second-order valence-corrected chi connectivity index (χ2v) is 8.41. The fourth-order valence-corrected chi connectivity index (χ4v) is 4.26. The van der Waals surface area contributed by atoms with E-state index in [1.54, 1.807) is 7.05 Å². The van der Waals surface area contributed by atoms with Crippen molar-refractivity contribution < 1.29 is 5.11 Å². The lowest BCUT2D eigenvalue weighted by atomic mass is 10.1. The van der Waals surface area contributed by atoms with E-state index in [1.165, 1.54) is 9.13 Å².